The van der Waals surface area contributed by atoms with Gasteiger partial charge in [0.2, 0.25) is 0 Å². The van der Waals surface area contributed by atoms with Gasteiger partial charge in [0.1, 0.15) is 11.9 Å². The minimum absolute atomic E-state index is 0.0573. The Morgan fingerprint density at radius 2 is 2.11 bits per heavy atom. The van der Waals surface area contributed by atoms with Crippen molar-refractivity contribution in [1.29, 1.82) is 0 Å². The Bertz CT molecular complexity index is 451. The molecule has 1 fully saturated rings. The first-order chi connectivity index (χ1) is 9.02. The van der Waals surface area contributed by atoms with E-state index >= 15 is 0 Å². The van der Waals surface area contributed by atoms with Crippen LogP contribution < -0.4 is 5.32 Å². The van der Waals surface area contributed by atoms with E-state index in [2.05, 4.69) is 60.6 Å². The molecule has 1 aromatic rings. The molecule has 0 spiro atoms. The van der Waals surface area contributed by atoms with Crippen LogP contribution in [0.25, 0.3) is 0 Å². The van der Waals surface area contributed by atoms with E-state index in [-0.39, 0.29) is 6.10 Å². The fourth-order valence-corrected chi connectivity index (χ4v) is 3.34. The highest BCUT2D eigenvalue weighted by Gasteiger charge is 2.27. The quantitative estimate of drug-likeness (QED) is 0.812. The molecule has 0 bridgehead atoms. The van der Waals surface area contributed by atoms with Gasteiger partial charge in [0.25, 0.3) is 0 Å². The Hall–Kier alpha value is -0.430. The summed E-state index contributed by atoms with van der Waals surface area (Å²) in [5, 5.41) is 3.33. The van der Waals surface area contributed by atoms with Gasteiger partial charge in [-0.05, 0) is 55.2 Å². The van der Waals surface area contributed by atoms with Crippen LogP contribution in [0.4, 0.5) is 5.82 Å². The second-order valence-electron chi connectivity index (χ2n) is 5.33. The molecule has 1 aliphatic heterocycles. The maximum atomic E-state index is 5.90. The molecule has 0 saturated carbocycles. The Morgan fingerprint density at radius 3 is 2.63 bits per heavy atom. The van der Waals surface area contributed by atoms with Crippen molar-refractivity contribution in [3.8, 4) is 0 Å². The zero-order valence-corrected chi connectivity index (χ0v) is 14.2. The molecule has 0 radical (unpaired) electrons. The second-order valence-corrected chi connectivity index (χ2v) is 6.41. The predicted octanol–water partition coefficient (Wildman–Crippen LogP) is 3.88. The first-order valence-corrected chi connectivity index (χ1v) is 8.07. The molecule has 2 heterocycles. The van der Waals surface area contributed by atoms with Crippen LogP contribution in [0.15, 0.2) is 0 Å². The van der Waals surface area contributed by atoms with Gasteiger partial charge in [-0.15, -0.1) is 0 Å². The van der Waals surface area contributed by atoms with Gasteiger partial charge in [-0.25, -0.2) is 9.97 Å². The number of ether oxygens (including phenoxy) is 1. The molecule has 0 amide bonds. The number of anilines is 1. The molecule has 2 atom stereocenters. The number of hydrogen-bond donors (Lipinski definition) is 1. The van der Waals surface area contributed by atoms with Crippen LogP contribution in [0.1, 0.15) is 64.1 Å². The zero-order chi connectivity index (χ0) is 14.0. The number of rotatable bonds is 4. The highest BCUT2D eigenvalue weighted by molar-refractivity contribution is 14.1. The molecule has 1 aromatic heterocycles. The van der Waals surface area contributed by atoms with Crippen molar-refractivity contribution in [2.75, 3.05) is 11.9 Å². The molecule has 2 rings (SSSR count). The monoisotopic (exact) mass is 375 g/mol. The molecule has 0 aromatic carbocycles. The summed E-state index contributed by atoms with van der Waals surface area (Å²) >= 11 is 2.34. The third-order valence-corrected chi connectivity index (χ3v) is 4.37. The van der Waals surface area contributed by atoms with Gasteiger partial charge in [0.05, 0.1) is 15.4 Å². The van der Waals surface area contributed by atoms with E-state index in [0.717, 1.165) is 40.3 Å². The zero-order valence-electron chi connectivity index (χ0n) is 12.0. The van der Waals surface area contributed by atoms with E-state index in [1.165, 1.54) is 0 Å². The molecule has 106 valence electrons. The summed E-state index contributed by atoms with van der Waals surface area (Å²) in [7, 11) is 0. The van der Waals surface area contributed by atoms with Gasteiger partial charge in [-0.2, -0.15) is 0 Å². The maximum Gasteiger partial charge on any atom is 0.159 e. The average molecular weight is 375 g/mol. The first-order valence-electron chi connectivity index (χ1n) is 6.99. The minimum atomic E-state index is 0.0573. The molecular weight excluding hydrogens is 353 g/mol. The van der Waals surface area contributed by atoms with E-state index in [0.29, 0.717) is 12.0 Å². The highest BCUT2D eigenvalue weighted by atomic mass is 127. The smallest absolute Gasteiger partial charge is 0.159 e. The van der Waals surface area contributed by atoms with Crippen molar-refractivity contribution in [3.63, 3.8) is 0 Å². The van der Waals surface area contributed by atoms with Gasteiger partial charge in [-0.3, -0.25) is 0 Å². The average Bonchev–Trinajstić information content (AvgIpc) is 2.78. The Morgan fingerprint density at radius 1 is 1.37 bits per heavy atom. The number of halogens is 1. The lowest BCUT2D eigenvalue weighted by atomic mass is 10.1. The standard InChI is InChI=1S/C14H22IN3O/c1-5-16-14-11(15)12(8(2)3)17-13(18-14)10-7-6-9(4)19-10/h8-10H,5-7H2,1-4H3,(H,16,17,18). The molecule has 4 nitrogen and oxygen atoms in total. The van der Waals surface area contributed by atoms with Gasteiger partial charge in [0.15, 0.2) is 5.82 Å². The van der Waals surface area contributed by atoms with Crippen molar-refractivity contribution in [2.45, 2.75) is 58.7 Å². The van der Waals surface area contributed by atoms with Crippen LogP contribution in [-0.4, -0.2) is 22.6 Å². The van der Waals surface area contributed by atoms with Crippen LogP contribution in [0.2, 0.25) is 0 Å². The van der Waals surface area contributed by atoms with Gasteiger partial charge in [-0.1, -0.05) is 13.8 Å². The number of hydrogen-bond acceptors (Lipinski definition) is 4. The number of aromatic nitrogens is 2. The summed E-state index contributed by atoms with van der Waals surface area (Å²) < 4.78 is 7.03. The van der Waals surface area contributed by atoms with Crippen LogP contribution in [0.5, 0.6) is 0 Å². The van der Waals surface area contributed by atoms with E-state index in [1.54, 1.807) is 0 Å². The predicted molar refractivity (Wildman–Crippen MR) is 85.5 cm³/mol. The summed E-state index contributed by atoms with van der Waals surface area (Å²) in [4.78, 5) is 9.41. The molecule has 0 aliphatic carbocycles. The third-order valence-electron chi connectivity index (χ3n) is 3.31. The largest absolute Gasteiger partial charge is 0.369 e. The summed E-state index contributed by atoms with van der Waals surface area (Å²) in [5.74, 6) is 2.18. The summed E-state index contributed by atoms with van der Waals surface area (Å²) in [6, 6.07) is 0. The van der Waals surface area contributed by atoms with Crippen LogP contribution in [0, 0.1) is 3.57 Å². The van der Waals surface area contributed by atoms with Gasteiger partial charge >= 0.3 is 0 Å². The van der Waals surface area contributed by atoms with Crippen molar-refractivity contribution in [1.82, 2.24) is 9.97 Å². The van der Waals surface area contributed by atoms with E-state index in [1.807, 2.05) is 0 Å². The van der Waals surface area contributed by atoms with Crippen LogP contribution in [0.3, 0.4) is 0 Å². The molecule has 19 heavy (non-hydrogen) atoms. The van der Waals surface area contributed by atoms with Crippen molar-refractivity contribution >= 4 is 28.4 Å². The normalized spacial score (nSPS) is 23.1. The SMILES string of the molecule is CCNc1nc(C2CCC(C)O2)nc(C(C)C)c1I. The number of nitrogens with one attached hydrogen (secondary N) is 1. The van der Waals surface area contributed by atoms with E-state index in [9.17, 15) is 0 Å². The Labute approximate surface area is 128 Å². The minimum Gasteiger partial charge on any atom is -0.369 e. The summed E-state index contributed by atoms with van der Waals surface area (Å²) in [6.07, 6.45) is 2.48. The summed E-state index contributed by atoms with van der Waals surface area (Å²) in [5.41, 5.74) is 1.12. The van der Waals surface area contributed by atoms with Crippen molar-refractivity contribution in [2.24, 2.45) is 0 Å². The number of nitrogens with zero attached hydrogens (tertiary/aromatic N) is 2. The second kappa shape index (κ2) is 6.35. The topological polar surface area (TPSA) is 47.0 Å². The molecule has 5 heteroatoms. The molecule has 1 saturated heterocycles. The summed E-state index contributed by atoms with van der Waals surface area (Å²) in [6.45, 7) is 9.40. The molecule has 2 unspecified atom stereocenters. The molecule has 1 N–H and O–H groups in total. The molecule has 1 aliphatic rings. The molecular formula is C14H22IN3O. The first kappa shape index (κ1) is 15.0. The van der Waals surface area contributed by atoms with Crippen molar-refractivity contribution < 1.29 is 4.74 Å². The highest BCUT2D eigenvalue weighted by Crippen LogP contribution is 2.33. The lowest BCUT2D eigenvalue weighted by Gasteiger charge is -2.17. The Kier molecular flexibility index (Phi) is 5.00. The Balaban J connectivity index is 2.38. The fourth-order valence-electron chi connectivity index (χ4n) is 2.29. The lowest BCUT2D eigenvalue weighted by Crippen LogP contribution is -2.13. The maximum absolute atomic E-state index is 5.90. The lowest BCUT2D eigenvalue weighted by molar-refractivity contribution is 0.0502. The van der Waals surface area contributed by atoms with E-state index < -0.39 is 0 Å². The van der Waals surface area contributed by atoms with Crippen LogP contribution in [-0.2, 0) is 4.74 Å². The van der Waals surface area contributed by atoms with E-state index in [4.69, 9.17) is 9.72 Å². The van der Waals surface area contributed by atoms with Gasteiger partial charge in [0, 0.05) is 6.54 Å². The van der Waals surface area contributed by atoms with Crippen molar-refractivity contribution in [3.05, 3.63) is 15.1 Å². The third kappa shape index (κ3) is 3.37. The fraction of sp³-hybridized carbons (Fsp3) is 0.714. The van der Waals surface area contributed by atoms with Crippen LogP contribution >= 0.6 is 22.6 Å². The van der Waals surface area contributed by atoms with Gasteiger partial charge < -0.3 is 10.1 Å².